The van der Waals surface area contributed by atoms with Gasteiger partial charge in [0.05, 0.1) is 11.3 Å². The summed E-state index contributed by atoms with van der Waals surface area (Å²) >= 11 is 0. The molecule has 3 N–H and O–H groups in total. The van der Waals surface area contributed by atoms with Crippen molar-refractivity contribution in [1.82, 2.24) is 0 Å². The summed E-state index contributed by atoms with van der Waals surface area (Å²) in [5.74, 6) is 3.88. The highest BCUT2D eigenvalue weighted by molar-refractivity contribution is 5.94. The summed E-state index contributed by atoms with van der Waals surface area (Å²) in [5.41, 5.74) is -0.302. The lowest BCUT2D eigenvalue weighted by atomic mass is 10.2. The van der Waals surface area contributed by atoms with E-state index in [-0.39, 0.29) is 16.4 Å². The molecule has 0 heterocycles. The minimum absolute atomic E-state index is 0.110. The molecule has 15 heavy (non-hydrogen) atoms. The van der Waals surface area contributed by atoms with Crippen molar-refractivity contribution in [3.8, 4) is 0 Å². The Morgan fingerprint density at radius 1 is 1.53 bits per heavy atom. The Kier molecular flexibility index (Phi) is 3.03. The first-order valence-electron chi connectivity index (χ1n) is 3.72. The smallest absolute Gasteiger partial charge is 0.337 e. The first-order chi connectivity index (χ1) is 7.02. The molecule has 0 amide bonds. The Morgan fingerprint density at radius 3 is 2.67 bits per heavy atom. The molecule has 1 rings (SSSR count). The van der Waals surface area contributed by atoms with Crippen LogP contribution in [0.3, 0.4) is 0 Å². The van der Waals surface area contributed by atoms with Crippen molar-refractivity contribution in [3.63, 3.8) is 0 Å². The van der Waals surface area contributed by atoms with Gasteiger partial charge in [-0.05, 0) is 12.1 Å². The number of nitrogens with two attached hydrogens (primary N) is 1. The van der Waals surface area contributed by atoms with Crippen LogP contribution in [0.15, 0.2) is 24.3 Å². The normalized spacial score (nSPS) is 9.40. The van der Waals surface area contributed by atoms with Crippen molar-refractivity contribution in [2.45, 2.75) is 0 Å². The Labute approximate surface area is 83.5 Å². The number of benzene rings is 1. The van der Waals surface area contributed by atoms with Crippen molar-refractivity contribution in [2.24, 2.45) is 5.84 Å². The molecule has 0 bridgehead atoms. The zero-order valence-corrected chi connectivity index (χ0v) is 7.36. The van der Waals surface area contributed by atoms with E-state index >= 15 is 0 Å². The fraction of sp³-hybridized carbons (Fsp3) is 0. The lowest BCUT2D eigenvalue weighted by molar-refractivity contribution is -0.762. The number of carbonyl (C=O) groups is 1. The first-order valence-corrected chi connectivity index (χ1v) is 3.72. The highest BCUT2D eigenvalue weighted by Gasteiger charge is 2.15. The van der Waals surface area contributed by atoms with Gasteiger partial charge >= 0.3 is 11.1 Å². The second kappa shape index (κ2) is 4.24. The Bertz CT molecular complexity index is 394. The van der Waals surface area contributed by atoms with Crippen LogP contribution in [-0.4, -0.2) is 16.2 Å². The Balaban J connectivity index is 3.02. The van der Waals surface area contributed by atoms with Gasteiger partial charge in [0.1, 0.15) is 0 Å². The van der Waals surface area contributed by atoms with Crippen molar-refractivity contribution in [2.75, 3.05) is 5.17 Å². The van der Waals surface area contributed by atoms with Crippen molar-refractivity contribution in [3.05, 3.63) is 39.9 Å². The van der Waals surface area contributed by atoms with E-state index in [9.17, 15) is 14.9 Å². The number of anilines is 1. The third kappa shape index (κ3) is 2.54. The Hall–Kier alpha value is -2.35. The van der Waals surface area contributed by atoms with Gasteiger partial charge in [0, 0.05) is 0 Å². The number of hydrogen-bond donors (Lipinski definition) is 2. The molecule has 0 radical (unpaired) electrons. The first kappa shape index (κ1) is 10.7. The summed E-state index contributed by atoms with van der Waals surface area (Å²) < 4.78 is 0. The quantitative estimate of drug-likeness (QED) is 0.416. The number of para-hydroxylation sites is 1. The van der Waals surface area contributed by atoms with Crippen LogP contribution in [0.1, 0.15) is 10.4 Å². The molecule has 0 aliphatic rings. The van der Waals surface area contributed by atoms with Gasteiger partial charge in [-0.3, -0.25) is 0 Å². The molecule has 1 aromatic rings. The third-order valence-corrected chi connectivity index (χ3v) is 1.53. The number of nitrogens with zero attached hydrogens (tertiary/aromatic N) is 2. The number of hydrazine groups is 1. The molecule has 8 nitrogen and oxygen atoms in total. The molecule has 0 saturated heterocycles. The largest absolute Gasteiger partial charge is 0.478 e. The molecular weight excluding hydrogens is 206 g/mol. The van der Waals surface area contributed by atoms with E-state index in [1.165, 1.54) is 24.3 Å². The van der Waals surface area contributed by atoms with Crippen LogP contribution < -0.4 is 11.0 Å². The molecule has 8 heteroatoms. The molecular formula is C7H7N3O5. The Morgan fingerprint density at radius 2 is 2.13 bits per heavy atom. The van der Waals surface area contributed by atoms with Crippen molar-refractivity contribution >= 4 is 11.7 Å². The topological polar surface area (TPSA) is 119 Å². The molecule has 1 aromatic carbocycles. The highest BCUT2D eigenvalue weighted by atomic mass is 17.0. The van der Waals surface area contributed by atoms with Crippen LogP contribution in [0.5, 0.6) is 0 Å². The summed E-state index contributed by atoms with van der Waals surface area (Å²) in [6.45, 7) is 0. The summed E-state index contributed by atoms with van der Waals surface area (Å²) in [6, 6.07) is 5.48. The minimum atomic E-state index is -1.26. The van der Waals surface area contributed by atoms with Gasteiger partial charge < -0.3 is 5.11 Å². The van der Waals surface area contributed by atoms with Gasteiger partial charge in [0.25, 0.3) is 0 Å². The zero-order chi connectivity index (χ0) is 11.4. The molecule has 0 aliphatic heterocycles. The van der Waals surface area contributed by atoms with Gasteiger partial charge in [-0.25, -0.2) is 10.6 Å². The van der Waals surface area contributed by atoms with Crippen LogP contribution in [0.25, 0.3) is 0 Å². The summed E-state index contributed by atoms with van der Waals surface area (Å²) in [6.07, 6.45) is 0. The fourth-order valence-corrected chi connectivity index (χ4v) is 0.962. The lowest BCUT2D eigenvalue weighted by Gasteiger charge is -2.15. The fourth-order valence-electron chi connectivity index (χ4n) is 0.962. The number of aromatic carboxylic acids is 1. The summed E-state index contributed by atoms with van der Waals surface area (Å²) in [5, 5.41) is 17.9. The average Bonchev–Trinajstić information content (AvgIpc) is 2.16. The number of carboxylic acids is 1. The lowest BCUT2D eigenvalue weighted by Crippen LogP contribution is -2.34. The molecule has 0 aliphatic carbocycles. The van der Waals surface area contributed by atoms with Crippen LogP contribution in [-0.2, 0) is 4.94 Å². The second-order valence-corrected chi connectivity index (χ2v) is 2.45. The predicted molar refractivity (Wildman–Crippen MR) is 48.1 cm³/mol. The molecule has 0 aromatic heterocycles. The molecule has 0 atom stereocenters. The number of rotatable bonds is 4. The average molecular weight is 213 g/mol. The van der Waals surface area contributed by atoms with Crippen LogP contribution in [0, 0.1) is 10.1 Å². The van der Waals surface area contributed by atoms with Crippen molar-refractivity contribution in [1.29, 1.82) is 0 Å². The van der Waals surface area contributed by atoms with E-state index in [0.717, 1.165) is 0 Å². The predicted octanol–water partition coefficient (Wildman–Crippen LogP) is 0.188. The van der Waals surface area contributed by atoms with Gasteiger partial charge in [-0.15, -0.1) is 15.3 Å². The second-order valence-electron chi connectivity index (χ2n) is 2.45. The van der Waals surface area contributed by atoms with Gasteiger partial charge in [-0.2, -0.15) is 4.94 Å². The van der Waals surface area contributed by atoms with Gasteiger partial charge in [0.2, 0.25) is 0 Å². The van der Waals surface area contributed by atoms with Crippen LogP contribution >= 0.6 is 0 Å². The molecule has 0 unspecified atom stereocenters. The highest BCUT2D eigenvalue weighted by Crippen LogP contribution is 2.17. The van der Waals surface area contributed by atoms with Gasteiger partial charge in [0.15, 0.2) is 0 Å². The van der Waals surface area contributed by atoms with Gasteiger partial charge in [-0.1, -0.05) is 12.1 Å². The van der Waals surface area contributed by atoms with Crippen LogP contribution in [0.2, 0.25) is 0 Å². The van der Waals surface area contributed by atoms with Crippen molar-refractivity contribution < 1.29 is 19.9 Å². The summed E-state index contributed by atoms with van der Waals surface area (Å²) in [4.78, 5) is 24.6. The maximum absolute atomic E-state index is 10.7. The maximum Gasteiger partial charge on any atom is 0.337 e. The summed E-state index contributed by atoms with van der Waals surface area (Å²) in [7, 11) is 0. The molecule has 0 saturated carbocycles. The van der Waals surface area contributed by atoms with E-state index < -0.39 is 11.1 Å². The SMILES string of the molecule is NN(O[N+](=O)[O-])c1ccccc1C(=O)O. The van der Waals surface area contributed by atoms with E-state index in [1.807, 2.05) is 0 Å². The van der Waals surface area contributed by atoms with Crippen LogP contribution in [0.4, 0.5) is 5.69 Å². The standard InChI is InChI=1S/C7H7N3O5/c8-9(15-10(13)14)6-4-2-1-3-5(6)7(11)12/h1-4H,8H2,(H,11,12). The van der Waals surface area contributed by atoms with E-state index in [0.29, 0.717) is 0 Å². The third-order valence-electron chi connectivity index (χ3n) is 1.53. The van der Waals surface area contributed by atoms with E-state index in [2.05, 4.69) is 4.94 Å². The molecule has 0 spiro atoms. The number of carboxylic acid groups (broad SMARTS) is 1. The molecule has 0 fully saturated rings. The number of hydrogen-bond acceptors (Lipinski definition) is 6. The van der Waals surface area contributed by atoms with E-state index in [4.69, 9.17) is 10.9 Å². The maximum atomic E-state index is 10.7. The monoisotopic (exact) mass is 213 g/mol. The molecule has 80 valence electrons. The zero-order valence-electron chi connectivity index (χ0n) is 7.36. The minimum Gasteiger partial charge on any atom is -0.478 e. The van der Waals surface area contributed by atoms with E-state index in [1.54, 1.807) is 0 Å².